The van der Waals surface area contributed by atoms with Gasteiger partial charge in [-0.15, -0.1) is 0 Å². The molecule has 1 aliphatic rings. The number of amides is 1. The fourth-order valence-corrected chi connectivity index (χ4v) is 2.70. The number of methoxy groups -OCH3 is 1. The monoisotopic (exact) mass is 281 g/mol. The van der Waals surface area contributed by atoms with Crippen LogP contribution in [-0.2, 0) is 9.53 Å². The van der Waals surface area contributed by atoms with Crippen LogP contribution in [0.3, 0.4) is 0 Å². The summed E-state index contributed by atoms with van der Waals surface area (Å²) in [5.41, 5.74) is 2.17. The standard InChI is InChI=1S/C18H19NO2/c1-21-17(14-10-6-3-7-11-14)18(20)19-16-12-15(16)13-8-4-2-5-9-13/h2-11,15-17H,12H2,1H3,(H,19,20)/t15-,16-,17+/m1/s1. The summed E-state index contributed by atoms with van der Waals surface area (Å²) in [6.45, 7) is 0. The fraction of sp³-hybridized carbons (Fsp3) is 0.278. The van der Waals surface area contributed by atoms with Gasteiger partial charge in [0.05, 0.1) is 0 Å². The van der Waals surface area contributed by atoms with Gasteiger partial charge in [-0.05, 0) is 17.5 Å². The lowest BCUT2D eigenvalue weighted by molar-refractivity contribution is -0.131. The van der Waals surface area contributed by atoms with Crippen LogP contribution < -0.4 is 5.32 Å². The van der Waals surface area contributed by atoms with E-state index in [1.54, 1.807) is 7.11 Å². The van der Waals surface area contributed by atoms with Gasteiger partial charge in [0.25, 0.3) is 5.91 Å². The maximum atomic E-state index is 12.4. The van der Waals surface area contributed by atoms with Crippen LogP contribution in [0, 0.1) is 0 Å². The van der Waals surface area contributed by atoms with Crippen LogP contribution in [0.2, 0.25) is 0 Å². The van der Waals surface area contributed by atoms with E-state index in [4.69, 9.17) is 4.74 Å². The number of benzene rings is 2. The average molecular weight is 281 g/mol. The molecule has 3 heteroatoms. The Morgan fingerprint density at radius 1 is 1.10 bits per heavy atom. The third-order valence-corrected chi connectivity index (χ3v) is 3.92. The first-order chi connectivity index (χ1) is 10.3. The van der Waals surface area contributed by atoms with Crippen molar-refractivity contribution < 1.29 is 9.53 Å². The number of rotatable bonds is 5. The van der Waals surface area contributed by atoms with E-state index in [0.717, 1.165) is 12.0 Å². The maximum absolute atomic E-state index is 12.4. The van der Waals surface area contributed by atoms with E-state index >= 15 is 0 Å². The zero-order valence-corrected chi connectivity index (χ0v) is 12.0. The third kappa shape index (κ3) is 3.14. The minimum absolute atomic E-state index is 0.0628. The van der Waals surface area contributed by atoms with Gasteiger partial charge in [-0.3, -0.25) is 4.79 Å². The van der Waals surface area contributed by atoms with Crippen molar-refractivity contribution in [1.82, 2.24) is 5.32 Å². The molecule has 0 spiro atoms. The zero-order valence-electron chi connectivity index (χ0n) is 12.0. The van der Waals surface area contributed by atoms with E-state index < -0.39 is 6.10 Å². The molecule has 108 valence electrons. The number of ether oxygens (including phenoxy) is 1. The van der Waals surface area contributed by atoms with Gasteiger partial charge in [-0.25, -0.2) is 0 Å². The molecule has 1 N–H and O–H groups in total. The Bertz CT molecular complexity index is 597. The van der Waals surface area contributed by atoms with Gasteiger partial charge in [-0.1, -0.05) is 60.7 Å². The molecule has 0 unspecified atom stereocenters. The number of nitrogens with one attached hydrogen (secondary N) is 1. The van der Waals surface area contributed by atoms with Crippen molar-refractivity contribution in [2.45, 2.75) is 24.5 Å². The predicted octanol–water partition coefficient (Wildman–Crippen LogP) is 3.05. The second kappa shape index (κ2) is 6.10. The maximum Gasteiger partial charge on any atom is 0.253 e. The largest absolute Gasteiger partial charge is 0.367 e. The van der Waals surface area contributed by atoms with Crippen LogP contribution >= 0.6 is 0 Å². The van der Waals surface area contributed by atoms with Crippen LogP contribution in [0.4, 0.5) is 0 Å². The normalized spacial score (nSPS) is 21.6. The molecule has 1 amide bonds. The van der Waals surface area contributed by atoms with Gasteiger partial charge in [-0.2, -0.15) is 0 Å². The Morgan fingerprint density at radius 3 is 2.33 bits per heavy atom. The molecule has 0 heterocycles. The second-order valence-corrected chi connectivity index (χ2v) is 5.39. The van der Waals surface area contributed by atoms with Crippen LogP contribution in [0.1, 0.15) is 29.6 Å². The molecular formula is C18H19NO2. The van der Waals surface area contributed by atoms with Crippen molar-refractivity contribution in [3.63, 3.8) is 0 Å². The first-order valence-corrected chi connectivity index (χ1v) is 7.22. The average Bonchev–Trinajstić information content (AvgIpc) is 3.29. The summed E-state index contributed by atoms with van der Waals surface area (Å²) in [7, 11) is 1.57. The first kappa shape index (κ1) is 13.8. The van der Waals surface area contributed by atoms with Gasteiger partial charge in [0.15, 0.2) is 6.10 Å². The quantitative estimate of drug-likeness (QED) is 0.914. The van der Waals surface area contributed by atoms with E-state index in [0.29, 0.717) is 5.92 Å². The van der Waals surface area contributed by atoms with Crippen molar-refractivity contribution in [1.29, 1.82) is 0 Å². The molecule has 0 radical (unpaired) electrons. The van der Waals surface area contributed by atoms with Crippen LogP contribution in [0.25, 0.3) is 0 Å². The van der Waals surface area contributed by atoms with Gasteiger partial charge >= 0.3 is 0 Å². The summed E-state index contributed by atoms with van der Waals surface area (Å²) < 4.78 is 5.36. The molecule has 0 aromatic heterocycles. The number of carbonyl (C=O) groups excluding carboxylic acids is 1. The van der Waals surface area contributed by atoms with Crippen molar-refractivity contribution in [3.05, 3.63) is 71.8 Å². The van der Waals surface area contributed by atoms with Gasteiger partial charge in [0, 0.05) is 19.1 Å². The van der Waals surface area contributed by atoms with Gasteiger partial charge in [0.2, 0.25) is 0 Å². The fourth-order valence-electron chi connectivity index (χ4n) is 2.70. The summed E-state index contributed by atoms with van der Waals surface area (Å²) in [5.74, 6) is 0.371. The lowest BCUT2D eigenvalue weighted by atomic mass is 10.1. The molecule has 2 aromatic carbocycles. The van der Waals surface area contributed by atoms with E-state index in [1.807, 2.05) is 48.5 Å². The molecule has 2 aromatic rings. The molecule has 1 fully saturated rings. The molecule has 1 aliphatic carbocycles. The lowest BCUT2D eigenvalue weighted by Crippen LogP contribution is -2.32. The SMILES string of the molecule is CO[C@H](C(=O)N[C@@H]1C[C@@H]1c1ccccc1)c1ccccc1. The third-order valence-electron chi connectivity index (χ3n) is 3.92. The van der Waals surface area contributed by atoms with Crippen molar-refractivity contribution >= 4 is 5.91 Å². The first-order valence-electron chi connectivity index (χ1n) is 7.22. The number of carbonyl (C=O) groups is 1. The Hall–Kier alpha value is -2.13. The molecule has 3 rings (SSSR count). The van der Waals surface area contributed by atoms with E-state index in [-0.39, 0.29) is 11.9 Å². The number of hydrogen-bond acceptors (Lipinski definition) is 2. The Kier molecular flexibility index (Phi) is 4.02. The minimum atomic E-state index is -0.539. The Balaban J connectivity index is 1.62. The topological polar surface area (TPSA) is 38.3 Å². The predicted molar refractivity (Wildman–Crippen MR) is 81.9 cm³/mol. The smallest absolute Gasteiger partial charge is 0.253 e. The van der Waals surface area contributed by atoms with Gasteiger partial charge in [0.1, 0.15) is 0 Å². The van der Waals surface area contributed by atoms with E-state index in [2.05, 4.69) is 17.4 Å². The molecular weight excluding hydrogens is 262 g/mol. The zero-order chi connectivity index (χ0) is 14.7. The summed E-state index contributed by atoms with van der Waals surface area (Å²) in [4.78, 5) is 12.4. The highest BCUT2D eigenvalue weighted by Gasteiger charge is 2.40. The van der Waals surface area contributed by atoms with Gasteiger partial charge < -0.3 is 10.1 Å². The van der Waals surface area contributed by atoms with Crippen molar-refractivity contribution in [2.75, 3.05) is 7.11 Å². The lowest BCUT2D eigenvalue weighted by Gasteiger charge is -2.15. The summed E-state index contributed by atoms with van der Waals surface area (Å²) >= 11 is 0. The summed E-state index contributed by atoms with van der Waals surface area (Å²) in [5, 5.41) is 3.09. The molecule has 1 saturated carbocycles. The molecule has 3 nitrogen and oxygen atoms in total. The highest BCUT2D eigenvalue weighted by molar-refractivity contribution is 5.83. The Labute approximate surface area is 124 Å². The molecule has 0 saturated heterocycles. The minimum Gasteiger partial charge on any atom is -0.367 e. The molecule has 0 bridgehead atoms. The summed E-state index contributed by atoms with van der Waals surface area (Å²) in [6, 6.07) is 20.1. The van der Waals surface area contributed by atoms with E-state index in [1.165, 1.54) is 5.56 Å². The highest BCUT2D eigenvalue weighted by Crippen LogP contribution is 2.40. The number of hydrogen-bond donors (Lipinski definition) is 1. The highest BCUT2D eigenvalue weighted by atomic mass is 16.5. The van der Waals surface area contributed by atoms with Crippen LogP contribution in [0.15, 0.2) is 60.7 Å². The van der Waals surface area contributed by atoms with Crippen molar-refractivity contribution in [2.24, 2.45) is 0 Å². The summed E-state index contributed by atoms with van der Waals surface area (Å²) in [6.07, 6.45) is 0.462. The molecule has 3 atom stereocenters. The second-order valence-electron chi connectivity index (χ2n) is 5.39. The van der Waals surface area contributed by atoms with Crippen LogP contribution in [0.5, 0.6) is 0 Å². The van der Waals surface area contributed by atoms with Crippen LogP contribution in [-0.4, -0.2) is 19.1 Å². The van der Waals surface area contributed by atoms with Crippen molar-refractivity contribution in [3.8, 4) is 0 Å². The van der Waals surface area contributed by atoms with E-state index in [9.17, 15) is 4.79 Å². The Morgan fingerprint density at radius 2 is 1.71 bits per heavy atom. The molecule has 21 heavy (non-hydrogen) atoms. The molecule has 0 aliphatic heterocycles.